The van der Waals surface area contributed by atoms with E-state index in [2.05, 4.69) is 15.4 Å². The van der Waals surface area contributed by atoms with E-state index in [4.69, 9.17) is 14.9 Å². The van der Waals surface area contributed by atoms with Crippen LogP contribution in [0.5, 0.6) is 5.75 Å². The fraction of sp³-hybridized carbons (Fsp3) is 0.270. The van der Waals surface area contributed by atoms with Gasteiger partial charge in [0.05, 0.1) is 18.0 Å². The Kier molecular flexibility index (Phi) is 9.78. The molecule has 9 nitrogen and oxygen atoms in total. The topological polar surface area (TPSA) is 119 Å². The number of rotatable bonds is 13. The molecule has 0 unspecified atom stereocenters. The van der Waals surface area contributed by atoms with Crippen LogP contribution in [0.1, 0.15) is 58.9 Å². The van der Waals surface area contributed by atoms with Gasteiger partial charge in [-0.2, -0.15) is 4.98 Å². The van der Waals surface area contributed by atoms with Gasteiger partial charge in [-0.05, 0) is 92.1 Å². The van der Waals surface area contributed by atoms with Crippen molar-refractivity contribution < 1.29 is 23.5 Å². The Balaban J connectivity index is 1.12. The van der Waals surface area contributed by atoms with Crippen molar-refractivity contribution in [2.75, 3.05) is 25.1 Å². The van der Waals surface area contributed by atoms with Crippen molar-refractivity contribution in [1.29, 1.82) is 5.41 Å². The number of hydrogen-bond acceptors (Lipinski definition) is 8. The molecule has 1 saturated heterocycles. The lowest BCUT2D eigenvalue weighted by Gasteiger charge is -2.21. The molecule has 0 amide bonds. The van der Waals surface area contributed by atoms with Gasteiger partial charge < -0.3 is 20.2 Å². The van der Waals surface area contributed by atoms with Crippen LogP contribution in [0.2, 0.25) is 0 Å². The molecule has 1 aliphatic heterocycles. The molecule has 0 radical (unpaired) electrons. The molecule has 1 aliphatic rings. The molecule has 0 bridgehead atoms. The SMILES string of the molecule is CCOc1cc(C(=O)CC2CCOCC2)ccc1Nc1nc2ccc(-c3ccc(C(=O)C(=N)CCc4ccc(F)cc4)cc3)cn2n1. The Hall–Kier alpha value is -5.22. The van der Waals surface area contributed by atoms with E-state index in [0.29, 0.717) is 72.7 Å². The lowest BCUT2D eigenvalue weighted by Crippen LogP contribution is -2.18. The molecule has 3 aromatic carbocycles. The van der Waals surface area contributed by atoms with Crippen molar-refractivity contribution in [3.8, 4) is 16.9 Å². The number of carbonyl (C=O) groups excluding carboxylic acids is 2. The number of ether oxygens (including phenoxy) is 2. The van der Waals surface area contributed by atoms with Gasteiger partial charge in [-0.3, -0.25) is 9.59 Å². The maximum Gasteiger partial charge on any atom is 0.247 e. The van der Waals surface area contributed by atoms with E-state index < -0.39 is 0 Å². The average Bonchev–Trinajstić information content (AvgIpc) is 3.50. The van der Waals surface area contributed by atoms with Crippen molar-refractivity contribution in [3.63, 3.8) is 0 Å². The molecule has 5 aromatic rings. The molecule has 1 fully saturated rings. The highest BCUT2D eigenvalue weighted by atomic mass is 19.1. The summed E-state index contributed by atoms with van der Waals surface area (Å²) in [6.45, 7) is 3.75. The van der Waals surface area contributed by atoms with Gasteiger partial charge >= 0.3 is 0 Å². The molecule has 0 saturated carbocycles. The van der Waals surface area contributed by atoms with Crippen LogP contribution in [0.25, 0.3) is 16.8 Å². The number of pyridine rings is 1. The molecule has 2 N–H and O–H groups in total. The normalized spacial score (nSPS) is 13.4. The van der Waals surface area contributed by atoms with E-state index in [1.165, 1.54) is 12.1 Å². The van der Waals surface area contributed by atoms with Crippen molar-refractivity contribution in [2.45, 2.75) is 39.0 Å². The fourth-order valence-electron chi connectivity index (χ4n) is 5.65. The van der Waals surface area contributed by atoms with Gasteiger partial charge in [0.25, 0.3) is 0 Å². The second-order valence-electron chi connectivity index (χ2n) is 11.6. The minimum Gasteiger partial charge on any atom is -0.492 e. The van der Waals surface area contributed by atoms with E-state index in [1.54, 1.807) is 34.8 Å². The van der Waals surface area contributed by atoms with Crippen molar-refractivity contribution >= 4 is 34.6 Å². The molecule has 3 heterocycles. The number of aryl methyl sites for hydroxylation is 1. The number of carbonyl (C=O) groups is 2. The second kappa shape index (κ2) is 14.5. The van der Waals surface area contributed by atoms with Crippen LogP contribution in [-0.4, -0.2) is 51.7 Å². The summed E-state index contributed by atoms with van der Waals surface area (Å²) >= 11 is 0. The summed E-state index contributed by atoms with van der Waals surface area (Å²) in [5.41, 5.74) is 5.00. The zero-order valence-electron chi connectivity index (χ0n) is 26.2. The van der Waals surface area contributed by atoms with Crippen LogP contribution in [-0.2, 0) is 11.2 Å². The zero-order valence-corrected chi connectivity index (χ0v) is 26.2. The highest BCUT2D eigenvalue weighted by Gasteiger charge is 2.20. The first-order valence-electron chi connectivity index (χ1n) is 15.8. The minimum atomic E-state index is -0.329. The third-order valence-electron chi connectivity index (χ3n) is 8.33. The summed E-state index contributed by atoms with van der Waals surface area (Å²) in [7, 11) is 0. The number of hydrogen-bond donors (Lipinski definition) is 2. The standard InChI is InChI=1S/C37H36FN5O4/c1-2-47-34-22-28(33(44)21-25-17-19-46-20-18-25)10-15-32(34)40-37-41-35-16-11-29(23-43(35)42-37)26-6-8-27(9-7-26)36(45)31(39)14-5-24-3-12-30(38)13-4-24/h3-4,6-13,15-16,22-23,25,39H,2,5,14,17-21H2,1H3,(H,40,42). The monoisotopic (exact) mass is 633 g/mol. The summed E-state index contributed by atoms with van der Waals surface area (Å²) in [5, 5.41) is 16.1. The van der Waals surface area contributed by atoms with Gasteiger partial charge in [-0.1, -0.05) is 36.4 Å². The average molecular weight is 634 g/mol. The lowest BCUT2D eigenvalue weighted by molar-refractivity contribution is 0.0601. The van der Waals surface area contributed by atoms with Crippen molar-refractivity contribution in [3.05, 3.63) is 108 Å². The van der Waals surface area contributed by atoms with Gasteiger partial charge in [0.1, 0.15) is 11.6 Å². The van der Waals surface area contributed by atoms with E-state index in [0.717, 1.165) is 29.5 Å². The number of benzene rings is 3. The fourth-order valence-corrected chi connectivity index (χ4v) is 5.65. The minimum absolute atomic E-state index is 0.00913. The molecular weight excluding hydrogens is 597 g/mol. The van der Waals surface area contributed by atoms with Gasteiger partial charge in [0.2, 0.25) is 11.7 Å². The molecule has 0 aliphatic carbocycles. The highest BCUT2D eigenvalue weighted by molar-refractivity contribution is 6.44. The Morgan fingerprint density at radius 3 is 2.45 bits per heavy atom. The number of fused-ring (bicyclic) bond motifs is 1. The molecular formula is C37H36FN5O4. The maximum absolute atomic E-state index is 13.1. The predicted molar refractivity (Wildman–Crippen MR) is 179 cm³/mol. The summed E-state index contributed by atoms with van der Waals surface area (Å²) in [4.78, 5) is 30.4. The molecule has 47 heavy (non-hydrogen) atoms. The number of Topliss-reactive ketones (excluding diaryl/α,β-unsaturated/α-hetero) is 2. The number of halogens is 1. The summed E-state index contributed by atoms with van der Waals surface area (Å²) in [5.74, 6) is 0.738. The van der Waals surface area contributed by atoms with Crippen molar-refractivity contribution in [2.24, 2.45) is 5.92 Å². The first-order valence-corrected chi connectivity index (χ1v) is 15.8. The number of anilines is 2. The zero-order chi connectivity index (χ0) is 32.8. The number of aromatic nitrogens is 3. The van der Waals surface area contributed by atoms with Crippen LogP contribution < -0.4 is 10.1 Å². The quantitative estimate of drug-likeness (QED) is 0.102. The van der Waals surface area contributed by atoms with E-state index in [-0.39, 0.29) is 29.5 Å². The largest absolute Gasteiger partial charge is 0.492 e. The smallest absolute Gasteiger partial charge is 0.247 e. The summed E-state index contributed by atoms with van der Waals surface area (Å²) in [6, 6.07) is 22.4. The van der Waals surface area contributed by atoms with Crippen LogP contribution in [0, 0.1) is 17.1 Å². The third kappa shape index (κ3) is 7.78. The van der Waals surface area contributed by atoms with Gasteiger partial charge in [-0.15, -0.1) is 5.10 Å². The molecule has 240 valence electrons. The van der Waals surface area contributed by atoms with Crippen LogP contribution >= 0.6 is 0 Å². The van der Waals surface area contributed by atoms with Crippen molar-refractivity contribution in [1.82, 2.24) is 14.6 Å². The molecule has 6 rings (SSSR count). The number of nitrogens with zero attached hydrogens (tertiary/aromatic N) is 3. The van der Waals surface area contributed by atoms with E-state index >= 15 is 0 Å². The number of ketones is 2. The first-order chi connectivity index (χ1) is 22.9. The third-order valence-corrected chi connectivity index (χ3v) is 8.33. The van der Waals surface area contributed by atoms with Gasteiger partial charge in [0.15, 0.2) is 11.4 Å². The van der Waals surface area contributed by atoms with E-state index in [9.17, 15) is 14.0 Å². The highest BCUT2D eigenvalue weighted by Crippen LogP contribution is 2.30. The van der Waals surface area contributed by atoms with Crippen LogP contribution in [0.4, 0.5) is 16.0 Å². The predicted octanol–water partition coefficient (Wildman–Crippen LogP) is 7.51. The molecule has 0 atom stereocenters. The Morgan fingerprint density at radius 2 is 1.70 bits per heavy atom. The first kappa shape index (κ1) is 31.7. The lowest BCUT2D eigenvalue weighted by atomic mass is 9.92. The maximum atomic E-state index is 13.1. The Morgan fingerprint density at radius 1 is 0.979 bits per heavy atom. The van der Waals surface area contributed by atoms with Gasteiger partial charge in [-0.25, -0.2) is 8.91 Å². The molecule has 2 aromatic heterocycles. The van der Waals surface area contributed by atoms with Gasteiger partial charge in [0, 0.05) is 42.5 Å². The summed E-state index contributed by atoms with van der Waals surface area (Å²) in [6.07, 6.45) is 4.93. The van der Waals surface area contributed by atoms with E-state index in [1.807, 2.05) is 49.5 Å². The van der Waals surface area contributed by atoms with Crippen LogP contribution in [0.15, 0.2) is 85.1 Å². The molecule has 0 spiro atoms. The Bertz CT molecular complexity index is 1900. The second-order valence-corrected chi connectivity index (χ2v) is 11.6. The Labute approximate surface area is 272 Å². The number of nitrogens with one attached hydrogen (secondary N) is 2. The molecule has 10 heteroatoms. The van der Waals surface area contributed by atoms with Crippen LogP contribution in [0.3, 0.4) is 0 Å². The summed E-state index contributed by atoms with van der Waals surface area (Å²) < 4.78 is 26.1.